The van der Waals surface area contributed by atoms with Crippen LogP contribution < -0.4 is 4.90 Å². The number of nitrogens with zero attached hydrogens (tertiary/aromatic N) is 3. The molecule has 0 unspecified atom stereocenters. The van der Waals surface area contributed by atoms with Crippen molar-refractivity contribution in [2.45, 2.75) is 6.92 Å². The molecule has 0 aliphatic rings. The van der Waals surface area contributed by atoms with Gasteiger partial charge in [-0.25, -0.2) is 9.78 Å². The van der Waals surface area contributed by atoms with E-state index in [2.05, 4.69) is 4.98 Å². The number of benzene rings is 1. The molecule has 1 aromatic heterocycles. The smallest absolute Gasteiger partial charge is 0.340 e. The molecule has 0 spiro atoms. The van der Waals surface area contributed by atoms with Crippen molar-refractivity contribution >= 4 is 17.5 Å². The van der Waals surface area contributed by atoms with Crippen molar-refractivity contribution in [1.82, 2.24) is 4.98 Å². The number of carbonyl (C=O) groups is 1. The summed E-state index contributed by atoms with van der Waals surface area (Å²) in [7, 11) is 3.43. The Morgan fingerprint density at radius 1 is 1.27 bits per heavy atom. The third kappa shape index (κ3) is 2.88. The minimum atomic E-state index is -1.09. The van der Waals surface area contributed by atoms with Gasteiger partial charge in [-0.1, -0.05) is 0 Å². The summed E-state index contributed by atoms with van der Waals surface area (Å²) < 4.78 is 0. The van der Waals surface area contributed by atoms with Crippen molar-refractivity contribution in [1.29, 1.82) is 0 Å². The van der Waals surface area contributed by atoms with Gasteiger partial charge in [0.2, 0.25) is 0 Å². The Hall–Kier alpha value is -2.96. The number of non-ortho nitro benzene ring substituents is 1. The van der Waals surface area contributed by atoms with Gasteiger partial charge in [0.05, 0.1) is 4.92 Å². The third-order valence-electron chi connectivity index (χ3n) is 3.16. The summed E-state index contributed by atoms with van der Waals surface area (Å²) in [4.78, 5) is 27.7. The Kier molecular flexibility index (Phi) is 4.07. The van der Waals surface area contributed by atoms with Crippen molar-refractivity contribution in [3.63, 3.8) is 0 Å². The van der Waals surface area contributed by atoms with Crippen LogP contribution in [0.15, 0.2) is 30.3 Å². The van der Waals surface area contributed by atoms with E-state index >= 15 is 0 Å². The highest BCUT2D eigenvalue weighted by Gasteiger charge is 2.21. The van der Waals surface area contributed by atoms with Gasteiger partial charge in [-0.3, -0.25) is 10.1 Å². The number of hydrogen-bond donors (Lipinski definition) is 1. The molecule has 1 N–H and O–H groups in total. The number of nitro groups is 1. The van der Waals surface area contributed by atoms with Crippen LogP contribution in [0.4, 0.5) is 11.5 Å². The van der Waals surface area contributed by atoms with E-state index in [1.807, 2.05) is 0 Å². The fourth-order valence-electron chi connectivity index (χ4n) is 2.18. The highest BCUT2D eigenvalue weighted by atomic mass is 16.6. The summed E-state index contributed by atoms with van der Waals surface area (Å²) in [5.74, 6) is -0.745. The first-order chi connectivity index (χ1) is 10.3. The van der Waals surface area contributed by atoms with E-state index in [0.29, 0.717) is 22.6 Å². The zero-order valence-corrected chi connectivity index (χ0v) is 12.4. The number of aromatic carboxylic acids is 1. The fraction of sp³-hybridized carbons (Fsp3) is 0.200. The number of aromatic nitrogens is 1. The number of carboxylic acids is 1. The van der Waals surface area contributed by atoms with Gasteiger partial charge in [-0.15, -0.1) is 0 Å². The summed E-state index contributed by atoms with van der Waals surface area (Å²) in [6, 6.07) is 7.45. The molecule has 0 saturated heterocycles. The number of hydrogen-bond acceptors (Lipinski definition) is 5. The van der Waals surface area contributed by atoms with Crippen LogP contribution in [0, 0.1) is 17.0 Å². The molecule has 0 fully saturated rings. The lowest BCUT2D eigenvalue weighted by Crippen LogP contribution is -2.17. The molecule has 0 atom stereocenters. The molecule has 7 nitrogen and oxygen atoms in total. The van der Waals surface area contributed by atoms with Gasteiger partial charge >= 0.3 is 5.97 Å². The lowest BCUT2D eigenvalue weighted by atomic mass is 9.99. The van der Waals surface area contributed by atoms with E-state index in [1.165, 1.54) is 12.1 Å². The molecule has 0 amide bonds. The summed E-state index contributed by atoms with van der Waals surface area (Å²) in [5.41, 5.74) is 1.78. The zero-order valence-electron chi connectivity index (χ0n) is 12.4. The first-order valence-corrected chi connectivity index (χ1v) is 6.48. The quantitative estimate of drug-likeness (QED) is 0.689. The average Bonchev–Trinajstić information content (AvgIpc) is 2.45. The molecule has 0 saturated carbocycles. The van der Waals surface area contributed by atoms with Crippen molar-refractivity contribution in [3.05, 3.63) is 51.7 Å². The highest BCUT2D eigenvalue weighted by molar-refractivity contribution is 6.01. The van der Waals surface area contributed by atoms with Gasteiger partial charge in [0.1, 0.15) is 11.4 Å². The Morgan fingerprint density at radius 2 is 1.86 bits per heavy atom. The predicted octanol–water partition coefficient (Wildman–Crippen LogP) is 2.73. The minimum Gasteiger partial charge on any atom is -0.478 e. The SMILES string of the molecule is Cc1cc(-c2ccc([N+](=O)[O-])cc2)c(C(=O)O)c(N(C)C)n1. The van der Waals surface area contributed by atoms with Gasteiger partial charge in [0.25, 0.3) is 5.69 Å². The molecule has 1 aromatic carbocycles. The molecule has 0 aliphatic carbocycles. The Balaban J connectivity index is 2.68. The summed E-state index contributed by atoms with van der Waals surface area (Å²) in [6.45, 7) is 1.77. The Bertz CT molecular complexity index is 739. The minimum absolute atomic E-state index is 0.0424. The predicted molar refractivity (Wildman–Crippen MR) is 82.4 cm³/mol. The second kappa shape index (κ2) is 5.80. The number of anilines is 1. The van der Waals surface area contributed by atoms with Crippen LogP contribution >= 0.6 is 0 Å². The van der Waals surface area contributed by atoms with Crippen LogP contribution in [0.1, 0.15) is 16.1 Å². The molecule has 114 valence electrons. The monoisotopic (exact) mass is 301 g/mol. The molecule has 0 bridgehead atoms. The van der Waals surface area contributed by atoms with Crippen LogP contribution in [0.3, 0.4) is 0 Å². The normalized spacial score (nSPS) is 10.3. The largest absolute Gasteiger partial charge is 0.478 e. The summed E-state index contributed by atoms with van der Waals surface area (Å²) in [5, 5.41) is 20.2. The highest BCUT2D eigenvalue weighted by Crippen LogP contribution is 2.31. The summed E-state index contributed by atoms with van der Waals surface area (Å²) >= 11 is 0. The maximum Gasteiger partial charge on any atom is 0.340 e. The van der Waals surface area contributed by atoms with E-state index in [0.717, 1.165) is 0 Å². The molecule has 0 radical (unpaired) electrons. The average molecular weight is 301 g/mol. The van der Waals surface area contributed by atoms with Gasteiger partial charge < -0.3 is 10.0 Å². The van der Waals surface area contributed by atoms with Gasteiger partial charge in [0.15, 0.2) is 0 Å². The van der Waals surface area contributed by atoms with E-state index in [4.69, 9.17) is 0 Å². The van der Waals surface area contributed by atoms with Gasteiger partial charge in [-0.05, 0) is 30.7 Å². The third-order valence-corrected chi connectivity index (χ3v) is 3.16. The molecule has 2 rings (SSSR count). The first kappa shape index (κ1) is 15.4. The van der Waals surface area contributed by atoms with E-state index < -0.39 is 10.9 Å². The standard InChI is InChI=1S/C15H15N3O4/c1-9-8-12(10-4-6-11(7-5-10)18(21)22)13(15(19)20)14(16-9)17(2)3/h4-8H,1-3H3,(H,19,20). The fourth-order valence-corrected chi connectivity index (χ4v) is 2.18. The maximum atomic E-state index is 11.6. The molecule has 7 heteroatoms. The number of aryl methyl sites for hydroxylation is 1. The van der Waals surface area contributed by atoms with Crippen molar-refractivity contribution in [2.24, 2.45) is 0 Å². The van der Waals surface area contributed by atoms with Crippen LogP contribution in [0.2, 0.25) is 0 Å². The molecule has 22 heavy (non-hydrogen) atoms. The van der Waals surface area contributed by atoms with Crippen molar-refractivity contribution in [3.8, 4) is 11.1 Å². The molecule has 0 aliphatic heterocycles. The second-order valence-electron chi connectivity index (χ2n) is 5.01. The number of carboxylic acid groups (broad SMARTS) is 1. The second-order valence-corrected chi connectivity index (χ2v) is 5.01. The van der Waals surface area contributed by atoms with E-state index in [-0.39, 0.29) is 11.3 Å². The van der Waals surface area contributed by atoms with E-state index in [9.17, 15) is 20.0 Å². The lowest BCUT2D eigenvalue weighted by Gasteiger charge is -2.18. The van der Waals surface area contributed by atoms with Gasteiger partial charge in [-0.2, -0.15) is 0 Å². The zero-order chi connectivity index (χ0) is 16.4. The van der Waals surface area contributed by atoms with Crippen molar-refractivity contribution in [2.75, 3.05) is 19.0 Å². The van der Waals surface area contributed by atoms with Crippen molar-refractivity contribution < 1.29 is 14.8 Å². The summed E-state index contributed by atoms with van der Waals surface area (Å²) in [6.07, 6.45) is 0. The molecular formula is C15H15N3O4. The van der Waals surface area contributed by atoms with E-state index in [1.54, 1.807) is 44.1 Å². The van der Waals surface area contributed by atoms with Crippen LogP contribution in [-0.4, -0.2) is 35.1 Å². The van der Waals surface area contributed by atoms with Crippen LogP contribution in [0.25, 0.3) is 11.1 Å². The molecule has 1 heterocycles. The number of rotatable bonds is 4. The number of pyridine rings is 1. The number of nitro benzene ring substituents is 1. The van der Waals surface area contributed by atoms with Crippen LogP contribution in [0.5, 0.6) is 0 Å². The molecule has 2 aromatic rings. The van der Waals surface area contributed by atoms with Crippen LogP contribution in [-0.2, 0) is 0 Å². The first-order valence-electron chi connectivity index (χ1n) is 6.48. The topological polar surface area (TPSA) is 96.6 Å². The molecular weight excluding hydrogens is 286 g/mol. The van der Waals surface area contributed by atoms with Gasteiger partial charge in [0, 0.05) is 37.5 Å². The Labute approximate surface area is 127 Å². The maximum absolute atomic E-state index is 11.6. The lowest BCUT2D eigenvalue weighted by molar-refractivity contribution is -0.384. The Morgan fingerprint density at radius 3 is 2.32 bits per heavy atom.